The van der Waals surface area contributed by atoms with Crippen LogP contribution in [0.15, 0.2) is 0 Å². The minimum atomic E-state index is 0.650. The Morgan fingerprint density at radius 2 is 1.92 bits per heavy atom. The minimum Gasteiger partial charge on any atom is -0.314 e. The van der Waals surface area contributed by atoms with Gasteiger partial charge in [0.1, 0.15) is 0 Å². The van der Waals surface area contributed by atoms with Gasteiger partial charge in [-0.3, -0.25) is 0 Å². The summed E-state index contributed by atoms with van der Waals surface area (Å²) in [5.74, 6) is 0.967. The molecule has 1 saturated carbocycles. The fraction of sp³-hybridized carbons (Fsp3) is 1.00. The molecule has 0 saturated heterocycles. The summed E-state index contributed by atoms with van der Waals surface area (Å²) in [6, 6.07) is 0.650. The van der Waals surface area contributed by atoms with Gasteiger partial charge in [-0.05, 0) is 24.3 Å². The highest BCUT2D eigenvalue weighted by molar-refractivity contribution is 5.01. The molecule has 0 aliphatic heterocycles. The Labute approximate surface area is 76.9 Å². The molecule has 1 aliphatic rings. The lowest BCUT2D eigenvalue weighted by molar-refractivity contribution is 0.402. The van der Waals surface area contributed by atoms with E-state index in [1.54, 1.807) is 0 Å². The number of rotatable bonds is 5. The number of hydrogen-bond acceptors (Lipinski definition) is 1. The molecule has 0 spiro atoms. The van der Waals surface area contributed by atoms with Crippen LogP contribution >= 0.6 is 0 Å². The van der Waals surface area contributed by atoms with Crippen LogP contribution in [0.25, 0.3) is 0 Å². The molecule has 1 nitrogen and oxygen atoms in total. The summed E-state index contributed by atoms with van der Waals surface area (Å²) in [6.45, 7) is 10.3. The molecule has 1 N–H and O–H groups in total. The summed E-state index contributed by atoms with van der Waals surface area (Å²) in [7, 11) is 0. The predicted octanol–water partition coefficient (Wildman–Crippen LogP) is 2.81. The van der Waals surface area contributed by atoms with Gasteiger partial charge >= 0.3 is 0 Å². The van der Waals surface area contributed by atoms with Gasteiger partial charge < -0.3 is 5.32 Å². The molecule has 1 rings (SSSR count). The summed E-state index contributed by atoms with van der Waals surface area (Å²) in [4.78, 5) is 0. The van der Waals surface area contributed by atoms with Crippen molar-refractivity contribution in [2.75, 3.05) is 6.54 Å². The summed E-state index contributed by atoms with van der Waals surface area (Å²) >= 11 is 0. The standard InChI is InChI=1S/C11H23N/c1-5-11(6-2)7-10(11)8-12-9(3)4/h9-10,12H,5-8H2,1-4H3. The van der Waals surface area contributed by atoms with Gasteiger partial charge in [-0.1, -0.05) is 40.5 Å². The average Bonchev–Trinajstić information content (AvgIpc) is 2.76. The number of nitrogens with one attached hydrogen (secondary N) is 1. The van der Waals surface area contributed by atoms with E-state index in [4.69, 9.17) is 0 Å². The molecule has 0 aromatic carbocycles. The van der Waals surface area contributed by atoms with E-state index in [0.29, 0.717) is 6.04 Å². The maximum absolute atomic E-state index is 3.53. The maximum atomic E-state index is 3.53. The molecule has 1 atom stereocenters. The summed E-state index contributed by atoms with van der Waals surface area (Å²) in [6.07, 6.45) is 4.20. The van der Waals surface area contributed by atoms with Gasteiger partial charge in [0, 0.05) is 6.04 Å². The van der Waals surface area contributed by atoms with Gasteiger partial charge in [0.15, 0.2) is 0 Å². The molecule has 1 aliphatic carbocycles. The first-order chi connectivity index (χ1) is 5.64. The first kappa shape index (κ1) is 10.0. The Balaban J connectivity index is 2.21. The smallest absolute Gasteiger partial charge is 0.00104 e. The van der Waals surface area contributed by atoms with Crippen LogP contribution in [0.5, 0.6) is 0 Å². The molecule has 72 valence electrons. The van der Waals surface area contributed by atoms with Crippen LogP contribution in [0.3, 0.4) is 0 Å². The number of hydrogen-bond donors (Lipinski definition) is 1. The first-order valence-electron chi connectivity index (χ1n) is 5.38. The van der Waals surface area contributed by atoms with Gasteiger partial charge in [-0.15, -0.1) is 0 Å². The van der Waals surface area contributed by atoms with E-state index in [2.05, 4.69) is 33.0 Å². The predicted molar refractivity (Wildman–Crippen MR) is 54.3 cm³/mol. The minimum absolute atomic E-state index is 0.650. The van der Waals surface area contributed by atoms with Crippen LogP contribution in [-0.2, 0) is 0 Å². The van der Waals surface area contributed by atoms with Crippen LogP contribution in [0.4, 0.5) is 0 Å². The van der Waals surface area contributed by atoms with E-state index in [9.17, 15) is 0 Å². The molecule has 1 fully saturated rings. The van der Waals surface area contributed by atoms with Crippen molar-refractivity contribution in [3.8, 4) is 0 Å². The van der Waals surface area contributed by atoms with Gasteiger partial charge in [-0.25, -0.2) is 0 Å². The maximum Gasteiger partial charge on any atom is 0.00104 e. The molecule has 0 aromatic rings. The van der Waals surface area contributed by atoms with Crippen molar-refractivity contribution in [1.82, 2.24) is 5.32 Å². The van der Waals surface area contributed by atoms with Crippen LogP contribution in [-0.4, -0.2) is 12.6 Å². The zero-order valence-electron chi connectivity index (χ0n) is 8.98. The van der Waals surface area contributed by atoms with Gasteiger partial charge in [-0.2, -0.15) is 0 Å². The van der Waals surface area contributed by atoms with Crippen molar-refractivity contribution < 1.29 is 0 Å². The van der Waals surface area contributed by atoms with Crippen molar-refractivity contribution in [3.63, 3.8) is 0 Å². The Hall–Kier alpha value is -0.0400. The van der Waals surface area contributed by atoms with Crippen molar-refractivity contribution in [3.05, 3.63) is 0 Å². The molecule has 0 aromatic heterocycles. The highest BCUT2D eigenvalue weighted by Crippen LogP contribution is 2.57. The quantitative estimate of drug-likeness (QED) is 0.667. The second-order valence-electron chi connectivity index (χ2n) is 4.53. The van der Waals surface area contributed by atoms with Crippen LogP contribution in [0, 0.1) is 11.3 Å². The molecule has 1 heteroatoms. The normalized spacial score (nSPS) is 26.2. The van der Waals surface area contributed by atoms with Crippen LogP contribution in [0.2, 0.25) is 0 Å². The van der Waals surface area contributed by atoms with Crippen LogP contribution < -0.4 is 5.32 Å². The van der Waals surface area contributed by atoms with Gasteiger partial charge in [0.05, 0.1) is 0 Å². The third kappa shape index (κ3) is 2.01. The zero-order valence-corrected chi connectivity index (χ0v) is 8.98. The third-order valence-corrected chi connectivity index (χ3v) is 3.54. The summed E-state index contributed by atoms with van der Waals surface area (Å²) in [5.41, 5.74) is 0.724. The van der Waals surface area contributed by atoms with Gasteiger partial charge in [0.25, 0.3) is 0 Å². The highest BCUT2D eigenvalue weighted by atomic mass is 14.9. The van der Waals surface area contributed by atoms with Crippen molar-refractivity contribution in [2.45, 2.75) is 53.0 Å². The fourth-order valence-electron chi connectivity index (χ4n) is 2.21. The Morgan fingerprint density at radius 3 is 2.25 bits per heavy atom. The molecular formula is C11H23N. The lowest BCUT2D eigenvalue weighted by Crippen LogP contribution is -2.26. The van der Waals surface area contributed by atoms with Crippen LogP contribution in [0.1, 0.15) is 47.0 Å². The van der Waals surface area contributed by atoms with Gasteiger partial charge in [0.2, 0.25) is 0 Å². The monoisotopic (exact) mass is 169 g/mol. The van der Waals surface area contributed by atoms with Crippen molar-refractivity contribution in [1.29, 1.82) is 0 Å². The fourth-order valence-corrected chi connectivity index (χ4v) is 2.21. The average molecular weight is 169 g/mol. The molecule has 0 radical (unpaired) electrons. The Morgan fingerprint density at radius 1 is 1.33 bits per heavy atom. The SMILES string of the molecule is CCC1(CC)CC1CNC(C)C. The van der Waals surface area contributed by atoms with E-state index >= 15 is 0 Å². The second kappa shape index (κ2) is 3.78. The summed E-state index contributed by atoms with van der Waals surface area (Å²) in [5, 5.41) is 3.53. The van der Waals surface area contributed by atoms with E-state index in [-0.39, 0.29) is 0 Å². The lowest BCUT2D eigenvalue weighted by Gasteiger charge is -2.13. The van der Waals surface area contributed by atoms with E-state index in [1.807, 2.05) is 0 Å². The first-order valence-corrected chi connectivity index (χ1v) is 5.38. The Bertz CT molecular complexity index is 136. The molecule has 0 amide bonds. The molecule has 0 bridgehead atoms. The van der Waals surface area contributed by atoms with E-state index < -0.39 is 0 Å². The summed E-state index contributed by atoms with van der Waals surface area (Å²) < 4.78 is 0. The zero-order chi connectivity index (χ0) is 9.19. The third-order valence-electron chi connectivity index (χ3n) is 3.54. The van der Waals surface area contributed by atoms with Crippen molar-refractivity contribution in [2.24, 2.45) is 11.3 Å². The molecule has 12 heavy (non-hydrogen) atoms. The largest absolute Gasteiger partial charge is 0.314 e. The second-order valence-corrected chi connectivity index (χ2v) is 4.53. The topological polar surface area (TPSA) is 12.0 Å². The Kier molecular flexibility index (Phi) is 3.16. The lowest BCUT2D eigenvalue weighted by atomic mass is 9.97. The van der Waals surface area contributed by atoms with Crippen molar-refractivity contribution >= 4 is 0 Å². The van der Waals surface area contributed by atoms with E-state index in [0.717, 1.165) is 11.3 Å². The molecule has 1 unspecified atom stereocenters. The van der Waals surface area contributed by atoms with E-state index in [1.165, 1.54) is 25.8 Å². The highest BCUT2D eigenvalue weighted by Gasteiger charge is 2.50. The molecular weight excluding hydrogens is 146 g/mol. The molecule has 0 heterocycles.